The SMILES string of the molecule is C=C(N)C(=N)c1cc(C)c(C)cn1. The second-order valence-electron chi connectivity index (χ2n) is 3.05. The lowest BCUT2D eigenvalue weighted by Gasteiger charge is -2.04. The number of rotatable bonds is 2. The lowest BCUT2D eigenvalue weighted by Crippen LogP contribution is -2.12. The van der Waals surface area contributed by atoms with Crippen LogP contribution in [0.25, 0.3) is 0 Å². The second kappa shape index (κ2) is 3.39. The van der Waals surface area contributed by atoms with E-state index < -0.39 is 0 Å². The average molecular weight is 175 g/mol. The van der Waals surface area contributed by atoms with Crippen LogP contribution in [0.2, 0.25) is 0 Å². The van der Waals surface area contributed by atoms with Crippen LogP contribution in [0.4, 0.5) is 0 Å². The number of allylic oxidation sites excluding steroid dienone is 1. The number of hydrogen-bond donors (Lipinski definition) is 2. The topological polar surface area (TPSA) is 62.8 Å². The predicted octanol–water partition coefficient (Wildman–Crippen LogP) is 1.54. The number of nitrogens with two attached hydrogens (primary N) is 1. The van der Waals surface area contributed by atoms with Gasteiger partial charge in [-0.05, 0) is 31.0 Å². The highest BCUT2D eigenvalue weighted by atomic mass is 14.7. The normalized spacial score (nSPS) is 9.69. The molecule has 68 valence electrons. The fourth-order valence-electron chi connectivity index (χ4n) is 0.926. The molecule has 0 radical (unpaired) electrons. The van der Waals surface area contributed by atoms with Gasteiger partial charge in [0.15, 0.2) is 0 Å². The first-order valence-electron chi connectivity index (χ1n) is 3.99. The molecule has 0 unspecified atom stereocenters. The molecule has 13 heavy (non-hydrogen) atoms. The number of aryl methyl sites for hydroxylation is 2. The molecular formula is C10H13N3. The van der Waals surface area contributed by atoms with E-state index >= 15 is 0 Å². The summed E-state index contributed by atoms with van der Waals surface area (Å²) in [5.41, 5.74) is 8.64. The van der Waals surface area contributed by atoms with Gasteiger partial charge in [-0.2, -0.15) is 0 Å². The molecule has 3 nitrogen and oxygen atoms in total. The van der Waals surface area contributed by atoms with Crippen molar-refractivity contribution in [1.82, 2.24) is 4.98 Å². The minimum Gasteiger partial charge on any atom is -0.397 e. The summed E-state index contributed by atoms with van der Waals surface area (Å²) in [5.74, 6) is 0. The Morgan fingerprint density at radius 1 is 1.46 bits per heavy atom. The maximum atomic E-state index is 7.56. The lowest BCUT2D eigenvalue weighted by molar-refractivity contribution is 1.18. The summed E-state index contributed by atoms with van der Waals surface area (Å²) in [6.45, 7) is 7.46. The lowest BCUT2D eigenvalue weighted by atomic mass is 10.1. The molecule has 0 spiro atoms. The molecule has 1 rings (SSSR count). The minimum atomic E-state index is 0.197. The molecule has 0 aromatic carbocycles. The van der Waals surface area contributed by atoms with Crippen LogP contribution in [0.1, 0.15) is 16.8 Å². The van der Waals surface area contributed by atoms with Crippen molar-refractivity contribution < 1.29 is 0 Å². The van der Waals surface area contributed by atoms with E-state index in [4.69, 9.17) is 11.1 Å². The van der Waals surface area contributed by atoms with Gasteiger partial charge in [-0.1, -0.05) is 6.58 Å². The van der Waals surface area contributed by atoms with E-state index in [2.05, 4.69) is 11.6 Å². The smallest absolute Gasteiger partial charge is 0.102 e. The first-order chi connectivity index (χ1) is 6.02. The van der Waals surface area contributed by atoms with Gasteiger partial charge in [0.25, 0.3) is 0 Å². The zero-order chi connectivity index (χ0) is 10.0. The third-order valence-corrected chi connectivity index (χ3v) is 1.95. The van der Waals surface area contributed by atoms with Crippen LogP contribution in [-0.4, -0.2) is 10.7 Å². The van der Waals surface area contributed by atoms with Crippen LogP contribution in [0, 0.1) is 19.3 Å². The first kappa shape index (κ1) is 9.45. The molecule has 0 saturated carbocycles. The molecule has 3 N–H and O–H groups in total. The third kappa shape index (κ3) is 1.93. The maximum absolute atomic E-state index is 7.56. The van der Waals surface area contributed by atoms with E-state index in [0.29, 0.717) is 5.69 Å². The Morgan fingerprint density at radius 2 is 2.08 bits per heavy atom. The van der Waals surface area contributed by atoms with Gasteiger partial charge in [-0.15, -0.1) is 0 Å². The Hall–Kier alpha value is -1.64. The first-order valence-corrected chi connectivity index (χ1v) is 3.99. The molecule has 0 saturated heterocycles. The van der Waals surface area contributed by atoms with Crippen molar-refractivity contribution in [3.8, 4) is 0 Å². The Kier molecular flexibility index (Phi) is 2.46. The zero-order valence-corrected chi connectivity index (χ0v) is 7.89. The van der Waals surface area contributed by atoms with Crippen molar-refractivity contribution in [2.75, 3.05) is 0 Å². The number of aromatic nitrogens is 1. The van der Waals surface area contributed by atoms with Gasteiger partial charge in [-0.3, -0.25) is 10.4 Å². The van der Waals surface area contributed by atoms with Gasteiger partial charge < -0.3 is 5.73 Å². The Balaban J connectivity index is 3.11. The summed E-state index contributed by atoms with van der Waals surface area (Å²) in [6.07, 6.45) is 1.74. The van der Waals surface area contributed by atoms with Gasteiger partial charge in [0.2, 0.25) is 0 Å². The van der Waals surface area contributed by atoms with Gasteiger partial charge in [0, 0.05) is 6.20 Å². The largest absolute Gasteiger partial charge is 0.397 e. The minimum absolute atomic E-state index is 0.197. The molecule has 0 atom stereocenters. The van der Waals surface area contributed by atoms with E-state index in [0.717, 1.165) is 11.1 Å². The molecular weight excluding hydrogens is 162 g/mol. The van der Waals surface area contributed by atoms with E-state index in [1.54, 1.807) is 6.20 Å². The fourth-order valence-corrected chi connectivity index (χ4v) is 0.926. The molecule has 0 amide bonds. The molecule has 0 aliphatic heterocycles. The predicted molar refractivity (Wildman–Crippen MR) is 53.9 cm³/mol. The van der Waals surface area contributed by atoms with E-state index in [-0.39, 0.29) is 11.4 Å². The maximum Gasteiger partial charge on any atom is 0.102 e. The van der Waals surface area contributed by atoms with Gasteiger partial charge in [0.05, 0.1) is 11.4 Å². The van der Waals surface area contributed by atoms with Crippen molar-refractivity contribution >= 4 is 5.71 Å². The number of pyridine rings is 1. The molecule has 3 heteroatoms. The van der Waals surface area contributed by atoms with E-state index in [1.165, 1.54) is 0 Å². The Labute approximate surface area is 77.8 Å². The van der Waals surface area contributed by atoms with Crippen LogP contribution in [0.5, 0.6) is 0 Å². The highest BCUT2D eigenvalue weighted by Crippen LogP contribution is 2.08. The summed E-state index contributed by atoms with van der Waals surface area (Å²) in [5, 5.41) is 7.56. The van der Waals surface area contributed by atoms with Crippen LogP contribution in [-0.2, 0) is 0 Å². The zero-order valence-electron chi connectivity index (χ0n) is 7.89. The Morgan fingerprint density at radius 3 is 2.54 bits per heavy atom. The van der Waals surface area contributed by atoms with E-state index in [9.17, 15) is 0 Å². The third-order valence-electron chi connectivity index (χ3n) is 1.95. The molecule has 1 aromatic heterocycles. The van der Waals surface area contributed by atoms with Crippen molar-refractivity contribution in [2.45, 2.75) is 13.8 Å². The van der Waals surface area contributed by atoms with Crippen LogP contribution in [0.15, 0.2) is 24.5 Å². The highest BCUT2D eigenvalue weighted by molar-refractivity contribution is 6.08. The van der Waals surface area contributed by atoms with Crippen LogP contribution in [0.3, 0.4) is 0 Å². The van der Waals surface area contributed by atoms with Crippen molar-refractivity contribution in [3.05, 3.63) is 41.4 Å². The Bertz CT molecular complexity index is 366. The molecule has 0 aliphatic rings. The summed E-state index contributed by atoms with van der Waals surface area (Å²) in [7, 11) is 0. The quantitative estimate of drug-likeness (QED) is 0.670. The average Bonchev–Trinajstić information content (AvgIpc) is 2.08. The van der Waals surface area contributed by atoms with Crippen LogP contribution >= 0.6 is 0 Å². The molecule has 1 heterocycles. The van der Waals surface area contributed by atoms with Crippen molar-refractivity contribution in [3.63, 3.8) is 0 Å². The molecule has 0 fully saturated rings. The summed E-state index contributed by atoms with van der Waals surface area (Å²) < 4.78 is 0. The van der Waals surface area contributed by atoms with Crippen LogP contribution < -0.4 is 5.73 Å². The standard InChI is InChI=1S/C10H13N3/c1-6-4-9(10(12)8(3)11)13-5-7(6)2/h4-5,12H,3,11H2,1-2H3. The van der Waals surface area contributed by atoms with Gasteiger partial charge >= 0.3 is 0 Å². The fraction of sp³-hybridized carbons (Fsp3) is 0.200. The van der Waals surface area contributed by atoms with Gasteiger partial charge in [-0.25, -0.2) is 0 Å². The number of nitrogens with one attached hydrogen (secondary N) is 1. The van der Waals surface area contributed by atoms with E-state index in [1.807, 2.05) is 19.9 Å². The molecule has 0 bridgehead atoms. The summed E-state index contributed by atoms with van der Waals surface area (Å²) >= 11 is 0. The number of hydrogen-bond acceptors (Lipinski definition) is 3. The highest BCUT2D eigenvalue weighted by Gasteiger charge is 2.04. The molecule has 1 aromatic rings. The summed E-state index contributed by atoms with van der Waals surface area (Å²) in [4.78, 5) is 4.09. The second-order valence-corrected chi connectivity index (χ2v) is 3.05. The molecule has 0 aliphatic carbocycles. The number of nitrogens with zero attached hydrogens (tertiary/aromatic N) is 1. The monoisotopic (exact) mass is 175 g/mol. The summed E-state index contributed by atoms with van der Waals surface area (Å²) in [6, 6.07) is 1.84. The van der Waals surface area contributed by atoms with Crippen molar-refractivity contribution in [1.29, 1.82) is 5.41 Å². The van der Waals surface area contributed by atoms with Crippen molar-refractivity contribution in [2.24, 2.45) is 5.73 Å². The van der Waals surface area contributed by atoms with Gasteiger partial charge in [0.1, 0.15) is 5.71 Å².